The molecule has 2 aromatic rings. The van der Waals surface area contributed by atoms with Crippen LogP contribution in [0.15, 0.2) is 36.4 Å². The molecule has 0 heterocycles. The van der Waals surface area contributed by atoms with E-state index in [0.717, 1.165) is 0 Å². The summed E-state index contributed by atoms with van der Waals surface area (Å²) in [5.41, 5.74) is -0.0971. The molecule has 0 amide bonds. The highest BCUT2D eigenvalue weighted by Crippen LogP contribution is 2.38. The van der Waals surface area contributed by atoms with Crippen LogP contribution in [0.1, 0.15) is 27.1 Å². The van der Waals surface area contributed by atoms with Crippen LogP contribution < -0.4 is 18.9 Å². The summed E-state index contributed by atoms with van der Waals surface area (Å²) in [5, 5.41) is 0. The van der Waals surface area contributed by atoms with Crippen molar-refractivity contribution in [2.45, 2.75) is 6.42 Å². The Kier molecular flexibility index (Phi) is 7.64. The zero-order valence-corrected chi connectivity index (χ0v) is 17.2. The Labute approximate surface area is 164 Å². The lowest BCUT2D eigenvalue weighted by molar-refractivity contribution is 0.0986. The van der Waals surface area contributed by atoms with Crippen LogP contribution in [0.3, 0.4) is 0 Å². The fourth-order valence-electron chi connectivity index (χ4n) is 2.72. The summed E-state index contributed by atoms with van der Waals surface area (Å²) in [5.74, 6) is 1.22. The molecular formula is C20H23O7P. The van der Waals surface area contributed by atoms with Gasteiger partial charge in [-0.1, -0.05) is 6.07 Å². The molecule has 150 valence electrons. The maximum absolute atomic E-state index is 12.7. The van der Waals surface area contributed by atoms with Crippen molar-refractivity contribution in [2.24, 2.45) is 0 Å². The van der Waals surface area contributed by atoms with E-state index in [2.05, 4.69) is 0 Å². The van der Waals surface area contributed by atoms with E-state index >= 15 is 0 Å². The maximum Gasteiger partial charge on any atom is 0.225 e. The standard InChI is InChI=1S/C20H23O7P/c1-24-13-8-9-14(18(12-13)27-4)15(21)10-11-28(23)20(22)19-16(25-2)6-5-7-17(19)26-3/h5-9,12,28H,10-11H2,1-4H3. The highest BCUT2D eigenvalue weighted by Gasteiger charge is 2.24. The molecule has 0 fully saturated rings. The molecule has 28 heavy (non-hydrogen) atoms. The summed E-state index contributed by atoms with van der Waals surface area (Å²) >= 11 is 0. The summed E-state index contributed by atoms with van der Waals surface area (Å²) in [4.78, 5) is 25.2. The quantitative estimate of drug-likeness (QED) is 0.439. The van der Waals surface area contributed by atoms with Crippen LogP contribution >= 0.6 is 7.80 Å². The summed E-state index contributed by atoms with van der Waals surface area (Å²) in [6.45, 7) is 0. The average Bonchev–Trinajstić information content (AvgIpc) is 2.75. The average molecular weight is 406 g/mol. The van der Waals surface area contributed by atoms with E-state index in [1.807, 2.05) is 0 Å². The minimum absolute atomic E-state index is 0.0519. The van der Waals surface area contributed by atoms with Crippen molar-refractivity contribution >= 4 is 19.1 Å². The van der Waals surface area contributed by atoms with Crippen molar-refractivity contribution in [3.63, 3.8) is 0 Å². The molecule has 0 aliphatic carbocycles. The molecule has 2 rings (SSSR count). The van der Waals surface area contributed by atoms with E-state index in [1.165, 1.54) is 28.4 Å². The van der Waals surface area contributed by atoms with E-state index < -0.39 is 13.3 Å². The number of hydrogen-bond donors (Lipinski definition) is 0. The van der Waals surface area contributed by atoms with Crippen LogP contribution in [0.4, 0.5) is 0 Å². The fourth-order valence-corrected chi connectivity index (χ4v) is 3.92. The van der Waals surface area contributed by atoms with Crippen LogP contribution in [0.5, 0.6) is 23.0 Å². The first-order chi connectivity index (χ1) is 13.5. The molecule has 1 unspecified atom stereocenters. The lowest BCUT2D eigenvalue weighted by Gasteiger charge is -2.12. The molecule has 0 saturated carbocycles. The second kappa shape index (κ2) is 9.95. The number of ether oxygens (including phenoxy) is 4. The van der Waals surface area contributed by atoms with Gasteiger partial charge < -0.3 is 23.5 Å². The molecule has 0 bridgehead atoms. The van der Waals surface area contributed by atoms with Gasteiger partial charge >= 0.3 is 0 Å². The zero-order chi connectivity index (χ0) is 20.7. The number of hydrogen-bond acceptors (Lipinski definition) is 7. The Morgan fingerprint density at radius 2 is 1.46 bits per heavy atom. The second-order valence-corrected chi connectivity index (χ2v) is 7.58. The molecule has 0 spiro atoms. The van der Waals surface area contributed by atoms with E-state index in [9.17, 15) is 14.2 Å². The predicted octanol–water partition coefficient (Wildman–Crippen LogP) is 3.69. The molecule has 0 N–H and O–H groups in total. The smallest absolute Gasteiger partial charge is 0.225 e. The number of Topliss-reactive ketones (excluding diaryl/α,β-unsaturated/α-hetero) is 1. The molecule has 1 atom stereocenters. The molecule has 0 aromatic heterocycles. The minimum atomic E-state index is -2.75. The number of rotatable bonds is 10. The molecule has 2 aromatic carbocycles. The van der Waals surface area contributed by atoms with Crippen LogP contribution in [0.25, 0.3) is 0 Å². The normalized spacial score (nSPS) is 11.4. The van der Waals surface area contributed by atoms with E-state index in [0.29, 0.717) is 17.1 Å². The third-order valence-electron chi connectivity index (χ3n) is 4.20. The van der Waals surface area contributed by atoms with E-state index in [-0.39, 0.29) is 35.4 Å². The molecule has 0 radical (unpaired) electrons. The summed E-state index contributed by atoms with van der Waals surface area (Å²) in [6, 6.07) is 9.69. The van der Waals surface area contributed by atoms with Crippen molar-refractivity contribution in [3.05, 3.63) is 47.5 Å². The molecule has 7 nitrogen and oxygen atoms in total. The van der Waals surface area contributed by atoms with Gasteiger partial charge in [0.2, 0.25) is 5.52 Å². The van der Waals surface area contributed by atoms with E-state index in [1.54, 1.807) is 36.4 Å². The van der Waals surface area contributed by atoms with Crippen LogP contribution in [0.2, 0.25) is 0 Å². The third-order valence-corrected chi connectivity index (χ3v) is 5.66. The number of benzene rings is 2. The molecular weight excluding hydrogens is 383 g/mol. The third kappa shape index (κ3) is 4.73. The van der Waals surface area contributed by atoms with Gasteiger partial charge in [0.15, 0.2) is 5.78 Å². The Bertz CT molecular complexity index is 870. The maximum atomic E-state index is 12.7. The summed E-state index contributed by atoms with van der Waals surface area (Å²) < 4.78 is 33.3. The number of methoxy groups -OCH3 is 4. The minimum Gasteiger partial charge on any atom is -0.497 e. The van der Waals surface area contributed by atoms with Crippen molar-refractivity contribution in [1.29, 1.82) is 0 Å². The monoisotopic (exact) mass is 406 g/mol. The van der Waals surface area contributed by atoms with Crippen molar-refractivity contribution < 1.29 is 33.1 Å². The van der Waals surface area contributed by atoms with Crippen LogP contribution in [0, 0.1) is 0 Å². The number of carbonyl (C=O) groups is 2. The SMILES string of the molecule is COc1ccc(C(=O)CC[PH](=O)C(=O)c2c(OC)cccc2OC)c(OC)c1. The van der Waals surface area contributed by atoms with Gasteiger partial charge in [0.1, 0.15) is 36.4 Å². The van der Waals surface area contributed by atoms with E-state index in [4.69, 9.17) is 18.9 Å². The highest BCUT2D eigenvalue weighted by molar-refractivity contribution is 7.64. The molecule has 8 heteroatoms. The Balaban J connectivity index is 2.14. The van der Waals surface area contributed by atoms with Crippen LogP contribution in [-0.2, 0) is 4.57 Å². The number of ketones is 1. The molecule has 0 aliphatic rings. The van der Waals surface area contributed by atoms with Crippen molar-refractivity contribution in [1.82, 2.24) is 0 Å². The largest absolute Gasteiger partial charge is 0.497 e. The highest BCUT2D eigenvalue weighted by atomic mass is 31.1. The second-order valence-electron chi connectivity index (χ2n) is 5.78. The van der Waals surface area contributed by atoms with Crippen LogP contribution in [-0.4, -0.2) is 45.9 Å². The summed E-state index contributed by atoms with van der Waals surface area (Å²) in [7, 11) is 3.05. The molecule has 0 aliphatic heterocycles. The number of carbonyl (C=O) groups excluding carboxylic acids is 2. The van der Waals surface area contributed by atoms with Gasteiger partial charge in [-0.3, -0.25) is 9.59 Å². The topological polar surface area (TPSA) is 88.1 Å². The first kappa shape index (κ1) is 21.5. The van der Waals surface area contributed by atoms with Gasteiger partial charge in [-0.05, 0) is 24.3 Å². The Morgan fingerprint density at radius 1 is 0.857 bits per heavy atom. The van der Waals surface area contributed by atoms with Gasteiger partial charge in [0.25, 0.3) is 0 Å². The lowest BCUT2D eigenvalue weighted by Crippen LogP contribution is -2.07. The van der Waals surface area contributed by atoms with Gasteiger partial charge in [0, 0.05) is 18.6 Å². The zero-order valence-electron chi connectivity index (χ0n) is 16.2. The fraction of sp³-hybridized carbons (Fsp3) is 0.300. The predicted molar refractivity (Wildman–Crippen MR) is 106 cm³/mol. The lowest BCUT2D eigenvalue weighted by atomic mass is 10.1. The van der Waals surface area contributed by atoms with Gasteiger partial charge in [-0.2, -0.15) is 0 Å². The van der Waals surface area contributed by atoms with Crippen molar-refractivity contribution in [2.75, 3.05) is 34.6 Å². The van der Waals surface area contributed by atoms with Gasteiger partial charge in [-0.15, -0.1) is 0 Å². The first-order valence-corrected chi connectivity index (χ1v) is 10.1. The van der Waals surface area contributed by atoms with Gasteiger partial charge in [0.05, 0.1) is 34.0 Å². The Hall–Kier alpha value is -2.79. The Morgan fingerprint density at radius 3 is 2.00 bits per heavy atom. The van der Waals surface area contributed by atoms with Crippen molar-refractivity contribution in [3.8, 4) is 23.0 Å². The molecule has 0 saturated heterocycles. The summed E-state index contributed by atoms with van der Waals surface area (Å²) in [6.07, 6.45) is -0.109. The first-order valence-electron chi connectivity index (χ1n) is 8.50. The van der Waals surface area contributed by atoms with Gasteiger partial charge in [-0.25, -0.2) is 0 Å².